The summed E-state index contributed by atoms with van der Waals surface area (Å²) in [6.45, 7) is 7.37. The van der Waals surface area contributed by atoms with Crippen molar-refractivity contribution in [3.63, 3.8) is 0 Å². The molecule has 5 heteroatoms. The third-order valence-corrected chi connectivity index (χ3v) is 4.45. The van der Waals surface area contributed by atoms with Gasteiger partial charge in [-0.05, 0) is 18.9 Å². The molecule has 1 aliphatic heterocycles. The van der Waals surface area contributed by atoms with E-state index in [2.05, 4.69) is 22.6 Å². The Labute approximate surface area is 143 Å². The molecule has 1 aliphatic rings. The van der Waals surface area contributed by atoms with Gasteiger partial charge < -0.3 is 9.47 Å². The number of benzene rings is 1. The molecule has 0 unspecified atom stereocenters. The highest BCUT2D eigenvalue weighted by Crippen LogP contribution is 2.22. The lowest BCUT2D eigenvalue weighted by atomic mass is 10.1. The van der Waals surface area contributed by atoms with Gasteiger partial charge in [0.1, 0.15) is 5.75 Å². The van der Waals surface area contributed by atoms with Gasteiger partial charge in [0.05, 0.1) is 26.0 Å². The highest BCUT2D eigenvalue weighted by atomic mass is 16.5. The lowest BCUT2D eigenvalue weighted by Crippen LogP contribution is -2.36. The van der Waals surface area contributed by atoms with Crippen LogP contribution in [0.1, 0.15) is 24.0 Å². The summed E-state index contributed by atoms with van der Waals surface area (Å²) in [4.78, 5) is 2.45. The fourth-order valence-corrected chi connectivity index (χ4v) is 3.08. The van der Waals surface area contributed by atoms with Crippen molar-refractivity contribution in [2.24, 2.45) is 0 Å². The molecule has 0 bridgehead atoms. The Kier molecular flexibility index (Phi) is 5.67. The van der Waals surface area contributed by atoms with Crippen LogP contribution < -0.4 is 4.74 Å². The molecule has 2 heterocycles. The molecule has 1 saturated heterocycles. The Bertz CT molecular complexity index is 660. The van der Waals surface area contributed by atoms with Crippen molar-refractivity contribution in [1.82, 2.24) is 14.7 Å². The number of methoxy groups -OCH3 is 1. The minimum atomic E-state index is 0.321. The summed E-state index contributed by atoms with van der Waals surface area (Å²) in [6.07, 6.45) is 8.09. The maximum absolute atomic E-state index is 6.10. The monoisotopic (exact) mass is 327 g/mol. The van der Waals surface area contributed by atoms with Crippen LogP contribution in [0.4, 0.5) is 0 Å². The molecule has 1 fully saturated rings. The first-order chi connectivity index (χ1) is 11.8. The van der Waals surface area contributed by atoms with Crippen molar-refractivity contribution in [1.29, 1.82) is 0 Å². The summed E-state index contributed by atoms with van der Waals surface area (Å²) in [5, 5.41) is 4.23. The van der Waals surface area contributed by atoms with Crippen LogP contribution in [0.2, 0.25) is 0 Å². The number of nitrogens with zero attached hydrogens (tertiary/aromatic N) is 3. The largest absolute Gasteiger partial charge is 0.496 e. The van der Waals surface area contributed by atoms with E-state index in [0.717, 1.165) is 43.8 Å². The van der Waals surface area contributed by atoms with Gasteiger partial charge in [0, 0.05) is 43.2 Å². The molecule has 24 heavy (non-hydrogen) atoms. The third-order valence-electron chi connectivity index (χ3n) is 4.45. The van der Waals surface area contributed by atoms with E-state index < -0.39 is 0 Å². The van der Waals surface area contributed by atoms with Gasteiger partial charge in [0.25, 0.3) is 0 Å². The molecule has 0 saturated carbocycles. The number of para-hydroxylation sites is 1. The minimum absolute atomic E-state index is 0.321. The van der Waals surface area contributed by atoms with Crippen LogP contribution in [-0.4, -0.2) is 41.0 Å². The van der Waals surface area contributed by atoms with Crippen LogP contribution in [0.25, 0.3) is 6.20 Å². The number of piperidine rings is 1. The van der Waals surface area contributed by atoms with Crippen molar-refractivity contribution in [3.8, 4) is 5.75 Å². The summed E-state index contributed by atoms with van der Waals surface area (Å²) in [7, 11) is 1.70. The van der Waals surface area contributed by atoms with Gasteiger partial charge >= 0.3 is 0 Å². The fraction of sp³-hybridized carbons (Fsp3) is 0.421. The Morgan fingerprint density at radius 2 is 2.08 bits per heavy atom. The number of ether oxygens (including phenoxy) is 2. The smallest absolute Gasteiger partial charge is 0.124 e. The molecule has 0 radical (unpaired) electrons. The Hall–Kier alpha value is -2.11. The standard InChI is InChI=1S/C19H25N3O2/c1-3-22-14-16(12-20-22)13-21-10-8-18(9-11-21)24-15-17-6-4-5-7-19(17)23-2/h3-7,12,14,18H,1,8-11,13,15H2,2H3. The van der Waals surface area contributed by atoms with Crippen LogP contribution in [0.3, 0.4) is 0 Å². The van der Waals surface area contributed by atoms with Crippen molar-refractivity contribution < 1.29 is 9.47 Å². The van der Waals surface area contributed by atoms with E-state index in [0.29, 0.717) is 12.7 Å². The average molecular weight is 327 g/mol. The molecular formula is C19H25N3O2. The molecule has 1 aromatic carbocycles. The molecule has 0 spiro atoms. The second kappa shape index (κ2) is 8.13. The molecule has 0 amide bonds. The van der Waals surface area contributed by atoms with E-state index in [-0.39, 0.29) is 0 Å². The van der Waals surface area contributed by atoms with Crippen molar-refractivity contribution in [2.75, 3.05) is 20.2 Å². The first-order valence-corrected chi connectivity index (χ1v) is 8.40. The van der Waals surface area contributed by atoms with Gasteiger partial charge in [0.15, 0.2) is 0 Å². The van der Waals surface area contributed by atoms with Gasteiger partial charge in [-0.2, -0.15) is 5.10 Å². The molecule has 0 aliphatic carbocycles. The van der Waals surface area contributed by atoms with Crippen molar-refractivity contribution >= 4 is 6.20 Å². The van der Waals surface area contributed by atoms with Gasteiger partial charge in [0.2, 0.25) is 0 Å². The Balaban J connectivity index is 1.44. The summed E-state index contributed by atoms with van der Waals surface area (Å²) >= 11 is 0. The number of aromatic nitrogens is 2. The van der Waals surface area contributed by atoms with Gasteiger partial charge in [-0.3, -0.25) is 4.90 Å². The van der Waals surface area contributed by atoms with Gasteiger partial charge in [-0.1, -0.05) is 24.8 Å². The molecule has 0 N–H and O–H groups in total. The number of hydrogen-bond donors (Lipinski definition) is 0. The Morgan fingerprint density at radius 3 is 2.79 bits per heavy atom. The topological polar surface area (TPSA) is 39.5 Å². The molecule has 3 rings (SSSR count). The Morgan fingerprint density at radius 1 is 1.29 bits per heavy atom. The summed E-state index contributed by atoms with van der Waals surface area (Å²) in [6, 6.07) is 8.04. The lowest BCUT2D eigenvalue weighted by molar-refractivity contribution is -0.00456. The molecule has 1 aromatic heterocycles. The molecule has 5 nitrogen and oxygen atoms in total. The zero-order chi connectivity index (χ0) is 16.8. The zero-order valence-corrected chi connectivity index (χ0v) is 14.2. The summed E-state index contributed by atoms with van der Waals surface area (Å²) in [5.41, 5.74) is 2.34. The number of rotatable bonds is 7. The van der Waals surface area contributed by atoms with E-state index in [9.17, 15) is 0 Å². The van der Waals surface area contributed by atoms with E-state index >= 15 is 0 Å². The highest BCUT2D eigenvalue weighted by Gasteiger charge is 2.20. The van der Waals surface area contributed by atoms with Crippen molar-refractivity contribution in [2.45, 2.75) is 32.1 Å². The average Bonchev–Trinajstić information content (AvgIpc) is 3.09. The summed E-state index contributed by atoms with van der Waals surface area (Å²) < 4.78 is 13.2. The van der Waals surface area contributed by atoms with Crippen LogP contribution in [0.15, 0.2) is 43.2 Å². The van der Waals surface area contributed by atoms with E-state index in [4.69, 9.17) is 9.47 Å². The van der Waals surface area contributed by atoms with Crippen LogP contribution in [-0.2, 0) is 17.9 Å². The quantitative estimate of drug-likeness (QED) is 0.783. The second-order valence-electron chi connectivity index (χ2n) is 6.11. The van der Waals surface area contributed by atoms with E-state index in [1.54, 1.807) is 18.0 Å². The van der Waals surface area contributed by atoms with Gasteiger partial charge in [-0.15, -0.1) is 0 Å². The van der Waals surface area contributed by atoms with E-state index in [1.807, 2.05) is 30.6 Å². The zero-order valence-electron chi connectivity index (χ0n) is 14.2. The lowest BCUT2D eigenvalue weighted by Gasteiger charge is -2.31. The van der Waals surface area contributed by atoms with Crippen molar-refractivity contribution in [3.05, 3.63) is 54.4 Å². The normalized spacial score (nSPS) is 16.2. The second-order valence-corrected chi connectivity index (χ2v) is 6.11. The first-order valence-electron chi connectivity index (χ1n) is 8.40. The van der Waals surface area contributed by atoms with E-state index in [1.165, 1.54) is 5.56 Å². The maximum Gasteiger partial charge on any atom is 0.124 e. The van der Waals surface area contributed by atoms with Gasteiger partial charge in [-0.25, -0.2) is 4.68 Å². The number of likely N-dealkylation sites (tertiary alicyclic amines) is 1. The van der Waals surface area contributed by atoms with Crippen LogP contribution in [0.5, 0.6) is 5.75 Å². The SMILES string of the molecule is C=Cn1cc(CN2CCC(OCc3ccccc3OC)CC2)cn1. The minimum Gasteiger partial charge on any atom is -0.496 e. The maximum atomic E-state index is 6.10. The fourth-order valence-electron chi connectivity index (χ4n) is 3.08. The van der Waals surface area contributed by atoms with Crippen LogP contribution in [0, 0.1) is 0 Å². The molecule has 0 atom stereocenters. The molecule has 2 aromatic rings. The molecule has 128 valence electrons. The predicted molar refractivity (Wildman–Crippen MR) is 94.7 cm³/mol. The highest BCUT2D eigenvalue weighted by molar-refractivity contribution is 5.32. The van der Waals surface area contributed by atoms with Crippen LogP contribution >= 0.6 is 0 Å². The number of hydrogen-bond acceptors (Lipinski definition) is 4. The first kappa shape index (κ1) is 16.7. The third kappa shape index (κ3) is 4.24. The summed E-state index contributed by atoms with van der Waals surface area (Å²) in [5.74, 6) is 0.897. The predicted octanol–water partition coefficient (Wildman–Crippen LogP) is 3.17. The molecular weight excluding hydrogens is 302 g/mol.